The van der Waals surface area contributed by atoms with E-state index in [-0.39, 0.29) is 11.4 Å². The molecule has 11 heteroatoms. The van der Waals surface area contributed by atoms with E-state index >= 15 is 0 Å². The van der Waals surface area contributed by atoms with Gasteiger partial charge in [-0.15, -0.1) is 11.3 Å². The molecule has 0 amide bonds. The molecule has 0 bridgehead atoms. The van der Waals surface area contributed by atoms with Crippen LogP contribution in [0.2, 0.25) is 0 Å². The van der Waals surface area contributed by atoms with Crippen molar-refractivity contribution in [2.45, 2.75) is 6.29 Å². The number of nitrogens with zero attached hydrogens (tertiary/aromatic N) is 4. The monoisotopic (exact) mass is 490 g/mol. The summed E-state index contributed by atoms with van der Waals surface area (Å²) in [5.74, 6) is 1.46. The smallest absolute Gasteiger partial charge is 0.284 e. The lowest BCUT2D eigenvalue weighted by atomic mass is 10.3. The molecule has 0 atom stereocenters. The summed E-state index contributed by atoms with van der Waals surface area (Å²) in [6.07, 6.45) is 2.64. The minimum atomic E-state index is -0.827. The molecule has 35 heavy (non-hydrogen) atoms. The van der Waals surface area contributed by atoms with Crippen LogP contribution in [0.5, 0.6) is 23.0 Å². The Labute approximate surface area is 201 Å². The van der Waals surface area contributed by atoms with Gasteiger partial charge in [-0.1, -0.05) is 12.1 Å². The Morgan fingerprint density at radius 2 is 1.86 bits per heavy atom. The summed E-state index contributed by atoms with van der Waals surface area (Å²) in [5.41, 5.74) is 1.04. The first-order valence-electron chi connectivity index (χ1n) is 10.4. The van der Waals surface area contributed by atoms with Crippen molar-refractivity contribution in [3.8, 4) is 33.7 Å². The first kappa shape index (κ1) is 21.1. The Kier molecular flexibility index (Phi) is 4.85. The van der Waals surface area contributed by atoms with Gasteiger partial charge in [0.25, 0.3) is 12.0 Å². The van der Waals surface area contributed by atoms with Gasteiger partial charge in [0.2, 0.25) is 0 Å². The normalized spacial score (nSPS) is 12.9. The maximum atomic E-state index is 14.4. The van der Waals surface area contributed by atoms with Crippen molar-refractivity contribution in [1.29, 1.82) is 0 Å². The molecule has 0 spiro atoms. The van der Waals surface area contributed by atoms with Gasteiger partial charge in [-0.2, -0.15) is 0 Å². The number of imidazole rings is 1. The van der Waals surface area contributed by atoms with Crippen LogP contribution in [-0.4, -0.2) is 19.5 Å². The number of fused-ring (bicyclic) bond motifs is 2. The molecule has 1 aliphatic heterocycles. The van der Waals surface area contributed by atoms with E-state index in [1.807, 2.05) is 41.9 Å². The number of aromatic nitrogens is 3. The average molecular weight is 490 g/mol. The summed E-state index contributed by atoms with van der Waals surface area (Å²) in [6, 6.07) is 14.2. The minimum Gasteiger partial charge on any atom is -0.453 e. The van der Waals surface area contributed by atoms with Crippen molar-refractivity contribution < 1.29 is 23.5 Å². The third-order valence-corrected chi connectivity index (χ3v) is 6.66. The highest BCUT2D eigenvalue weighted by Crippen LogP contribution is 2.42. The van der Waals surface area contributed by atoms with E-state index in [1.165, 1.54) is 23.5 Å². The number of halogens is 1. The molecule has 174 valence electrons. The van der Waals surface area contributed by atoms with E-state index in [1.54, 1.807) is 18.5 Å². The van der Waals surface area contributed by atoms with Crippen LogP contribution in [0.25, 0.3) is 20.9 Å². The fourth-order valence-electron chi connectivity index (χ4n) is 3.80. The van der Waals surface area contributed by atoms with Crippen LogP contribution in [0.15, 0.2) is 67.0 Å². The second-order valence-electron chi connectivity index (χ2n) is 7.69. The van der Waals surface area contributed by atoms with Gasteiger partial charge in [0.15, 0.2) is 23.1 Å². The van der Waals surface area contributed by atoms with Crippen LogP contribution in [0.1, 0.15) is 12.0 Å². The lowest BCUT2D eigenvalue weighted by Crippen LogP contribution is -2.12. The molecule has 0 N–H and O–H groups in total. The van der Waals surface area contributed by atoms with Gasteiger partial charge in [0.1, 0.15) is 17.3 Å². The molecule has 0 fully saturated rings. The number of rotatable bonds is 5. The van der Waals surface area contributed by atoms with E-state index < -0.39 is 17.0 Å². The molecular formula is C24H15FN4O5S. The zero-order valence-corrected chi connectivity index (χ0v) is 18.9. The van der Waals surface area contributed by atoms with Crippen molar-refractivity contribution >= 4 is 27.2 Å². The highest BCUT2D eigenvalue weighted by atomic mass is 32.1. The molecule has 1 aliphatic rings. The topological polar surface area (TPSA) is 102 Å². The maximum Gasteiger partial charge on any atom is 0.284 e. The zero-order chi connectivity index (χ0) is 24.1. The van der Waals surface area contributed by atoms with Crippen molar-refractivity contribution in [1.82, 2.24) is 14.5 Å². The summed E-state index contributed by atoms with van der Waals surface area (Å²) < 4.78 is 34.6. The first-order valence-corrected chi connectivity index (χ1v) is 11.2. The molecule has 2 aromatic carbocycles. The predicted octanol–water partition coefficient (Wildman–Crippen LogP) is 6.01. The van der Waals surface area contributed by atoms with Gasteiger partial charge < -0.3 is 18.8 Å². The Morgan fingerprint density at radius 3 is 2.57 bits per heavy atom. The predicted molar refractivity (Wildman–Crippen MR) is 125 cm³/mol. The number of hydrogen-bond acceptors (Lipinski definition) is 8. The standard InChI is InChI=1S/C24H15FN4O5S/c1-28-16(24-33-18-4-2-3-5-19(18)34-24)12-27-23(28)21-11-15-22(35-21)20(8-9-26-15)32-17-7-6-13(29(30)31)10-14(17)25/h2-12,24H,1H3. The van der Waals surface area contributed by atoms with Crippen LogP contribution in [0.3, 0.4) is 0 Å². The molecule has 0 unspecified atom stereocenters. The summed E-state index contributed by atoms with van der Waals surface area (Å²) in [5, 5.41) is 10.9. The molecule has 0 saturated carbocycles. The van der Waals surface area contributed by atoms with Crippen molar-refractivity contribution in [2.24, 2.45) is 7.05 Å². The van der Waals surface area contributed by atoms with Crippen LogP contribution in [-0.2, 0) is 7.05 Å². The number of para-hydroxylation sites is 2. The number of nitro benzene ring substituents is 1. The first-order chi connectivity index (χ1) is 17.0. The zero-order valence-electron chi connectivity index (χ0n) is 18.0. The van der Waals surface area contributed by atoms with Gasteiger partial charge in [-0.25, -0.2) is 9.37 Å². The van der Waals surface area contributed by atoms with Crippen LogP contribution in [0, 0.1) is 15.9 Å². The van der Waals surface area contributed by atoms with Crippen LogP contribution in [0.4, 0.5) is 10.1 Å². The Balaban J connectivity index is 1.32. The van der Waals surface area contributed by atoms with Gasteiger partial charge >= 0.3 is 0 Å². The highest BCUT2D eigenvalue weighted by molar-refractivity contribution is 7.22. The molecule has 6 rings (SSSR count). The number of pyridine rings is 1. The third kappa shape index (κ3) is 3.62. The fourth-order valence-corrected chi connectivity index (χ4v) is 4.90. The lowest BCUT2D eigenvalue weighted by Gasteiger charge is -2.11. The highest BCUT2D eigenvalue weighted by Gasteiger charge is 2.29. The molecule has 9 nitrogen and oxygen atoms in total. The molecule has 5 aromatic rings. The number of non-ortho nitro benzene ring substituents is 1. The van der Waals surface area contributed by atoms with E-state index in [0.29, 0.717) is 33.3 Å². The Hall–Kier alpha value is -4.51. The SMILES string of the molecule is Cn1c(C2Oc3ccccc3O2)cnc1-c1cc2nccc(Oc3ccc([N+](=O)[O-])cc3F)c2s1. The number of nitro groups is 1. The van der Waals surface area contributed by atoms with Gasteiger partial charge in [-0.05, 0) is 24.3 Å². The molecule has 4 heterocycles. The van der Waals surface area contributed by atoms with Crippen molar-refractivity contribution in [3.63, 3.8) is 0 Å². The molecule has 0 radical (unpaired) electrons. The van der Waals surface area contributed by atoms with Crippen LogP contribution < -0.4 is 14.2 Å². The molecule has 0 aliphatic carbocycles. The van der Waals surface area contributed by atoms with Crippen molar-refractivity contribution in [3.05, 3.63) is 88.6 Å². The lowest BCUT2D eigenvalue weighted by molar-refractivity contribution is -0.385. The van der Waals surface area contributed by atoms with Crippen LogP contribution >= 0.6 is 11.3 Å². The van der Waals surface area contributed by atoms with Crippen molar-refractivity contribution in [2.75, 3.05) is 0 Å². The largest absolute Gasteiger partial charge is 0.453 e. The number of ether oxygens (including phenoxy) is 3. The van der Waals surface area contributed by atoms with E-state index in [2.05, 4.69) is 9.97 Å². The van der Waals surface area contributed by atoms with Gasteiger partial charge in [0, 0.05) is 25.4 Å². The second-order valence-corrected chi connectivity index (χ2v) is 8.74. The van der Waals surface area contributed by atoms with Gasteiger partial charge in [-0.3, -0.25) is 15.1 Å². The second kappa shape index (κ2) is 8.06. The Bertz CT molecular complexity index is 1590. The fraction of sp³-hybridized carbons (Fsp3) is 0.0833. The molecular weight excluding hydrogens is 475 g/mol. The van der Waals surface area contributed by atoms with E-state index in [9.17, 15) is 14.5 Å². The summed E-state index contributed by atoms with van der Waals surface area (Å²) in [7, 11) is 1.87. The number of thiophene rings is 1. The maximum absolute atomic E-state index is 14.4. The number of hydrogen-bond donors (Lipinski definition) is 0. The van der Waals surface area contributed by atoms with E-state index in [4.69, 9.17) is 14.2 Å². The van der Waals surface area contributed by atoms with Gasteiger partial charge in [0.05, 0.1) is 32.3 Å². The molecule has 3 aromatic heterocycles. The summed E-state index contributed by atoms with van der Waals surface area (Å²) in [4.78, 5) is 20.0. The molecule has 0 saturated heterocycles. The third-order valence-electron chi connectivity index (χ3n) is 5.53. The Morgan fingerprint density at radius 1 is 1.09 bits per heavy atom. The number of benzene rings is 2. The summed E-state index contributed by atoms with van der Waals surface area (Å²) >= 11 is 1.38. The average Bonchev–Trinajstić information content (AvgIpc) is 3.56. The van der Waals surface area contributed by atoms with E-state index in [0.717, 1.165) is 16.6 Å². The quantitative estimate of drug-likeness (QED) is 0.220. The summed E-state index contributed by atoms with van der Waals surface area (Å²) in [6.45, 7) is 0. The minimum absolute atomic E-state index is 0.118.